The van der Waals surface area contributed by atoms with Gasteiger partial charge in [-0.1, -0.05) is 41.6 Å². The second kappa shape index (κ2) is 6.88. The number of primary amides is 1. The van der Waals surface area contributed by atoms with E-state index in [2.05, 4.69) is 10.1 Å². The molecule has 1 atom stereocenters. The molecule has 8 heteroatoms. The number of nitrogens with zero attached hydrogens (tertiary/aromatic N) is 2. The van der Waals surface area contributed by atoms with E-state index in [4.69, 9.17) is 10.3 Å². The van der Waals surface area contributed by atoms with Crippen LogP contribution in [0.1, 0.15) is 40.6 Å². The molecular formula is C21H16F3N3O2. The summed E-state index contributed by atoms with van der Waals surface area (Å²) in [6.45, 7) is 1.78. The largest absolute Gasteiger partial charge is 0.416 e. The molecular weight excluding hydrogens is 383 g/mol. The summed E-state index contributed by atoms with van der Waals surface area (Å²) < 4.78 is 44.3. The van der Waals surface area contributed by atoms with Crippen LogP contribution in [-0.2, 0) is 11.0 Å². The van der Waals surface area contributed by atoms with Crippen LogP contribution in [0.2, 0.25) is 0 Å². The Morgan fingerprint density at radius 3 is 2.38 bits per heavy atom. The SMILES string of the molecule is Cc1noc2c1-c1ccccc1C(c1ccc(C(F)(F)F)cc1)=NC2CC(N)=O. The number of nitrogens with two attached hydrogens (primary N) is 1. The second-order valence-electron chi connectivity index (χ2n) is 6.79. The Kier molecular flexibility index (Phi) is 4.49. The summed E-state index contributed by atoms with van der Waals surface area (Å²) >= 11 is 0. The standard InChI is InChI=1S/C21H16F3N3O2/c1-11-18-14-4-2-3-5-15(14)19(12-6-8-13(9-7-12)21(22,23)24)26-16(10-17(25)28)20(18)29-27-11/h2-9,16H,10H2,1H3,(H2,25,28). The third kappa shape index (κ3) is 3.41. The number of amides is 1. The molecule has 1 aliphatic heterocycles. The summed E-state index contributed by atoms with van der Waals surface area (Å²) in [5.74, 6) is -0.160. The molecule has 2 heterocycles. The van der Waals surface area contributed by atoms with Crippen molar-refractivity contribution in [1.29, 1.82) is 0 Å². The Morgan fingerprint density at radius 2 is 1.76 bits per heavy atom. The number of aryl methyl sites for hydroxylation is 1. The maximum atomic E-state index is 13.0. The molecule has 148 valence electrons. The van der Waals surface area contributed by atoms with Gasteiger partial charge in [-0.05, 0) is 24.6 Å². The van der Waals surface area contributed by atoms with Crippen LogP contribution in [0, 0.1) is 6.92 Å². The molecule has 0 bridgehead atoms. The van der Waals surface area contributed by atoms with Crippen molar-refractivity contribution in [3.05, 3.63) is 76.7 Å². The first kappa shape index (κ1) is 18.9. The number of benzene rings is 2. The third-order valence-corrected chi connectivity index (χ3v) is 4.81. The minimum absolute atomic E-state index is 0.111. The van der Waals surface area contributed by atoms with Gasteiger partial charge in [-0.3, -0.25) is 9.79 Å². The molecule has 1 aromatic heterocycles. The van der Waals surface area contributed by atoms with E-state index >= 15 is 0 Å². The minimum atomic E-state index is -4.43. The van der Waals surface area contributed by atoms with Crippen LogP contribution in [0.3, 0.4) is 0 Å². The van der Waals surface area contributed by atoms with E-state index in [-0.39, 0.29) is 6.42 Å². The first-order chi connectivity index (χ1) is 13.8. The molecule has 4 rings (SSSR count). The summed E-state index contributed by atoms with van der Waals surface area (Å²) in [7, 11) is 0. The maximum absolute atomic E-state index is 13.0. The lowest BCUT2D eigenvalue weighted by Gasteiger charge is -2.13. The van der Waals surface area contributed by atoms with E-state index in [0.29, 0.717) is 28.3 Å². The Morgan fingerprint density at radius 1 is 1.10 bits per heavy atom. The summed E-state index contributed by atoms with van der Waals surface area (Å²) in [5, 5.41) is 4.01. The fourth-order valence-electron chi connectivity index (χ4n) is 3.51. The summed E-state index contributed by atoms with van der Waals surface area (Å²) in [6.07, 6.45) is -4.54. The average molecular weight is 399 g/mol. The van der Waals surface area contributed by atoms with Gasteiger partial charge in [0.25, 0.3) is 0 Å². The van der Waals surface area contributed by atoms with Crippen LogP contribution >= 0.6 is 0 Å². The van der Waals surface area contributed by atoms with Gasteiger partial charge in [-0.15, -0.1) is 0 Å². The van der Waals surface area contributed by atoms with Crippen molar-refractivity contribution in [3.8, 4) is 11.1 Å². The molecule has 0 spiro atoms. The monoisotopic (exact) mass is 399 g/mol. The molecule has 0 saturated heterocycles. The molecule has 0 fully saturated rings. The zero-order chi connectivity index (χ0) is 20.8. The Balaban J connectivity index is 1.93. The number of alkyl halides is 3. The van der Waals surface area contributed by atoms with Gasteiger partial charge in [0.1, 0.15) is 6.04 Å². The van der Waals surface area contributed by atoms with Gasteiger partial charge in [0.05, 0.1) is 29.0 Å². The van der Waals surface area contributed by atoms with Gasteiger partial charge in [-0.25, -0.2) is 0 Å². The fourth-order valence-corrected chi connectivity index (χ4v) is 3.51. The second-order valence-corrected chi connectivity index (χ2v) is 6.79. The predicted molar refractivity (Wildman–Crippen MR) is 100 cm³/mol. The van der Waals surface area contributed by atoms with Gasteiger partial charge in [0.2, 0.25) is 5.91 Å². The zero-order valence-corrected chi connectivity index (χ0v) is 15.3. The number of halogens is 3. The van der Waals surface area contributed by atoms with Gasteiger partial charge >= 0.3 is 6.18 Å². The van der Waals surface area contributed by atoms with Crippen molar-refractivity contribution in [2.75, 3.05) is 0 Å². The number of hydrogen-bond donors (Lipinski definition) is 1. The highest BCUT2D eigenvalue weighted by Crippen LogP contribution is 2.40. The molecule has 2 aromatic carbocycles. The molecule has 29 heavy (non-hydrogen) atoms. The van der Waals surface area contributed by atoms with Gasteiger partial charge in [0.15, 0.2) is 5.76 Å². The van der Waals surface area contributed by atoms with Crippen LogP contribution in [0.4, 0.5) is 13.2 Å². The van der Waals surface area contributed by atoms with Gasteiger partial charge in [-0.2, -0.15) is 13.2 Å². The number of carbonyl (C=O) groups excluding carboxylic acids is 1. The molecule has 3 aromatic rings. The highest BCUT2D eigenvalue weighted by atomic mass is 19.4. The molecule has 5 nitrogen and oxygen atoms in total. The topological polar surface area (TPSA) is 81.5 Å². The van der Waals surface area contributed by atoms with E-state index in [9.17, 15) is 18.0 Å². The van der Waals surface area contributed by atoms with Crippen molar-refractivity contribution in [2.45, 2.75) is 25.6 Å². The summed E-state index contributed by atoms with van der Waals surface area (Å²) in [4.78, 5) is 16.3. The highest BCUT2D eigenvalue weighted by molar-refractivity contribution is 6.17. The summed E-state index contributed by atoms with van der Waals surface area (Å²) in [5.41, 5.74) is 8.46. The number of rotatable bonds is 3. The van der Waals surface area contributed by atoms with Crippen molar-refractivity contribution in [1.82, 2.24) is 5.16 Å². The number of aromatic nitrogens is 1. The van der Waals surface area contributed by atoms with Crippen molar-refractivity contribution in [3.63, 3.8) is 0 Å². The van der Waals surface area contributed by atoms with Crippen LogP contribution in [0.25, 0.3) is 11.1 Å². The minimum Gasteiger partial charge on any atom is -0.370 e. The van der Waals surface area contributed by atoms with Gasteiger partial charge < -0.3 is 10.3 Å². The Bertz CT molecular complexity index is 1110. The fraction of sp³-hybridized carbons (Fsp3) is 0.190. The van der Waals surface area contributed by atoms with Crippen LogP contribution in [0.15, 0.2) is 58.0 Å². The Hall–Kier alpha value is -3.42. The molecule has 2 N–H and O–H groups in total. The lowest BCUT2D eigenvalue weighted by Crippen LogP contribution is -2.15. The van der Waals surface area contributed by atoms with E-state index in [1.54, 1.807) is 6.92 Å². The number of fused-ring (bicyclic) bond motifs is 3. The molecule has 0 aliphatic carbocycles. The van der Waals surface area contributed by atoms with Crippen molar-refractivity contribution in [2.24, 2.45) is 10.7 Å². The third-order valence-electron chi connectivity index (χ3n) is 4.81. The molecule has 1 amide bonds. The first-order valence-corrected chi connectivity index (χ1v) is 8.85. The molecule has 1 unspecified atom stereocenters. The predicted octanol–water partition coefficient (Wildman–Crippen LogP) is 4.44. The average Bonchev–Trinajstić information content (AvgIpc) is 2.99. The van der Waals surface area contributed by atoms with Crippen LogP contribution in [-0.4, -0.2) is 16.8 Å². The summed E-state index contributed by atoms with van der Waals surface area (Å²) in [6, 6.07) is 11.4. The van der Waals surface area contributed by atoms with Crippen molar-refractivity contribution >= 4 is 11.6 Å². The zero-order valence-electron chi connectivity index (χ0n) is 15.3. The van der Waals surface area contributed by atoms with Crippen LogP contribution < -0.4 is 5.73 Å². The highest BCUT2D eigenvalue weighted by Gasteiger charge is 2.32. The number of aliphatic imine (C=N–C) groups is 1. The Labute approximate surface area is 164 Å². The van der Waals surface area contributed by atoms with Crippen molar-refractivity contribution < 1.29 is 22.5 Å². The first-order valence-electron chi connectivity index (χ1n) is 8.85. The van der Waals surface area contributed by atoms with Crippen LogP contribution in [0.5, 0.6) is 0 Å². The molecule has 1 aliphatic rings. The van der Waals surface area contributed by atoms with E-state index in [1.807, 2.05) is 24.3 Å². The maximum Gasteiger partial charge on any atom is 0.416 e. The molecule has 0 saturated carbocycles. The normalized spacial score (nSPS) is 15.9. The molecule has 0 radical (unpaired) electrons. The lowest BCUT2D eigenvalue weighted by molar-refractivity contribution is -0.137. The van der Waals surface area contributed by atoms with Gasteiger partial charge in [0, 0.05) is 11.1 Å². The quantitative estimate of drug-likeness (QED) is 0.707. The van der Waals surface area contributed by atoms with E-state index < -0.39 is 23.7 Å². The number of hydrogen-bond acceptors (Lipinski definition) is 4. The smallest absolute Gasteiger partial charge is 0.370 e. The number of carbonyl (C=O) groups is 1. The van der Waals surface area contributed by atoms with E-state index in [0.717, 1.165) is 23.3 Å². The lowest BCUT2D eigenvalue weighted by atomic mass is 9.92. The van der Waals surface area contributed by atoms with E-state index in [1.165, 1.54) is 12.1 Å².